The van der Waals surface area contributed by atoms with Crippen molar-refractivity contribution < 1.29 is 4.79 Å². The van der Waals surface area contributed by atoms with Crippen molar-refractivity contribution in [1.82, 2.24) is 5.32 Å². The third-order valence-electron chi connectivity index (χ3n) is 4.96. The lowest BCUT2D eigenvalue weighted by atomic mass is 9.93. The van der Waals surface area contributed by atoms with Gasteiger partial charge >= 0.3 is 0 Å². The molecule has 3 heteroatoms. The van der Waals surface area contributed by atoms with Gasteiger partial charge in [0.2, 0.25) is 5.91 Å². The van der Waals surface area contributed by atoms with Gasteiger partial charge in [-0.1, -0.05) is 49.6 Å². The molecule has 3 atom stereocenters. The van der Waals surface area contributed by atoms with Crippen molar-refractivity contribution in [3.8, 4) is 0 Å². The second-order valence-electron chi connectivity index (χ2n) is 6.64. The van der Waals surface area contributed by atoms with Crippen LogP contribution in [0.3, 0.4) is 0 Å². The van der Waals surface area contributed by atoms with Gasteiger partial charge in [0.1, 0.15) is 0 Å². The van der Waals surface area contributed by atoms with Crippen molar-refractivity contribution in [1.29, 1.82) is 0 Å². The molecule has 21 heavy (non-hydrogen) atoms. The highest BCUT2D eigenvalue weighted by molar-refractivity contribution is 5.80. The van der Waals surface area contributed by atoms with E-state index in [-0.39, 0.29) is 23.9 Å². The topological polar surface area (TPSA) is 55.1 Å². The van der Waals surface area contributed by atoms with Gasteiger partial charge in [-0.15, -0.1) is 0 Å². The molecule has 3 unspecified atom stereocenters. The highest BCUT2D eigenvalue weighted by atomic mass is 16.2. The largest absolute Gasteiger partial charge is 0.349 e. The highest BCUT2D eigenvalue weighted by Crippen LogP contribution is 2.41. The molecule has 1 amide bonds. The number of amides is 1. The number of nitrogens with two attached hydrogens (primary N) is 1. The summed E-state index contributed by atoms with van der Waals surface area (Å²) in [4.78, 5) is 12.7. The van der Waals surface area contributed by atoms with E-state index in [1.165, 1.54) is 24.8 Å². The van der Waals surface area contributed by atoms with Crippen LogP contribution in [0.1, 0.15) is 56.6 Å². The van der Waals surface area contributed by atoms with E-state index in [0.29, 0.717) is 5.92 Å². The maximum absolute atomic E-state index is 12.7. The van der Waals surface area contributed by atoms with Crippen molar-refractivity contribution >= 4 is 5.91 Å². The maximum Gasteiger partial charge on any atom is 0.225 e. The van der Waals surface area contributed by atoms with Crippen LogP contribution in [0.4, 0.5) is 0 Å². The molecule has 2 aliphatic rings. The quantitative estimate of drug-likeness (QED) is 0.835. The summed E-state index contributed by atoms with van der Waals surface area (Å²) in [6, 6.07) is 10.6. The predicted octanol–water partition coefficient (Wildman–Crippen LogP) is 3.16. The lowest BCUT2D eigenvalue weighted by Gasteiger charge is -2.25. The van der Waals surface area contributed by atoms with E-state index in [9.17, 15) is 4.79 Å². The zero-order valence-electron chi connectivity index (χ0n) is 12.6. The van der Waals surface area contributed by atoms with Gasteiger partial charge in [0.25, 0.3) is 0 Å². The van der Waals surface area contributed by atoms with Crippen molar-refractivity contribution in [2.45, 2.75) is 57.0 Å². The van der Waals surface area contributed by atoms with E-state index in [2.05, 4.69) is 17.4 Å². The molecule has 2 fully saturated rings. The molecule has 1 aromatic rings. The normalized spacial score (nSPS) is 27.7. The Morgan fingerprint density at radius 2 is 1.76 bits per heavy atom. The summed E-state index contributed by atoms with van der Waals surface area (Å²) in [5, 5.41) is 3.30. The Hall–Kier alpha value is -1.35. The SMILES string of the molecule is NC1CCCCCC1C(=O)NC(c1ccccc1)C1CC1. The lowest BCUT2D eigenvalue weighted by Crippen LogP contribution is -2.43. The van der Waals surface area contributed by atoms with Crippen molar-refractivity contribution in [2.75, 3.05) is 0 Å². The van der Waals surface area contributed by atoms with Gasteiger partial charge in [0, 0.05) is 6.04 Å². The Morgan fingerprint density at radius 1 is 1.05 bits per heavy atom. The van der Waals surface area contributed by atoms with E-state index in [0.717, 1.165) is 25.7 Å². The first-order chi connectivity index (χ1) is 10.3. The number of hydrogen-bond donors (Lipinski definition) is 2. The van der Waals surface area contributed by atoms with Gasteiger partial charge in [-0.05, 0) is 37.2 Å². The van der Waals surface area contributed by atoms with Crippen LogP contribution in [-0.2, 0) is 4.79 Å². The lowest BCUT2D eigenvalue weighted by molar-refractivity contribution is -0.126. The molecule has 0 aromatic heterocycles. The molecule has 3 nitrogen and oxygen atoms in total. The number of nitrogens with one attached hydrogen (secondary N) is 1. The van der Waals surface area contributed by atoms with Gasteiger partial charge in [0.15, 0.2) is 0 Å². The Kier molecular flexibility index (Phi) is 4.59. The smallest absolute Gasteiger partial charge is 0.225 e. The summed E-state index contributed by atoms with van der Waals surface area (Å²) < 4.78 is 0. The number of carbonyl (C=O) groups excluding carboxylic acids is 1. The van der Waals surface area contributed by atoms with E-state index >= 15 is 0 Å². The fourth-order valence-corrected chi connectivity index (χ4v) is 3.49. The second-order valence-corrected chi connectivity index (χ2v) is 6.64. The molecule has 3 N–H and O–H groups in total. The van der Waals surface area contributed by atoms with Gasteiger partial charge in [-0.2, -0.15) is 0 Å². The van der Waals surface area contributed by atoms with Crippen LogP contribution in [-0.4, -0.2) is 11.9 Å². The molecule has 114 valence electrons. The zero-order valence-corrected chi connectivity index (χ0v) is 12.6. The molecule has 0 heterocycles. The summed E-state index contributed by atoms with van der Waals surface area (Å²) in [7, 11) is 0. The highest BCUT2D eigenvalue weighted by Gasteiger charge is 2.35. The van der Waals surface area contributed by atoms with E-state index in [4.69, 9.17) is 5.73 Å². The van der Waals surface area contributed by atoms with E-state index in [1.807, 2.05) is 18.2 Å². The van der Waals surface area contributed by atoms with E-state index in [1.54, 1.807) is 0 Å². The molecule has 3 rings (SSSR count). The molecule has 0 bridgehead atoms. The van der Waals surface area contributed by atoms with Gasteiger partial charge < -0.3 is 11.1 Å². The van der Waals surface area contributed by atoms with Crippen LogP contribution in [0.15, 0.2) is 30.3 Å². The van der Waals surface area contributed by atoms with Crippen LogP contribution >= 0.6 is 0 Å². The maximum atomic E-state index is 12.7. The molecule has 0 spiro atoms. The zero-order chi connectivity index (χ0) is 14.7. The number of benzene rings is 1. The fraction of sp³-hybridized carbons (Fsp3) is 0.611. The Balaban J connectivity index is 1.69. The number of hydrogen-bond acceptors (Lipinski definition) is 2. The van der Waals surface area contributed by atoms with Crippen molar-refractivity contribution in [3.05, 3.63) is 35.9 Å². The average Bonchev–Trinajstić information content (AvgIpc) is 3.33. The molecular formula is C18H26N2O. The summed E-state index contributed by atoms with van der Waals surface area (Å²) in [6.07, 6.45) is 7.87. The number of carbonyl (C=O) groups is 1. The second kappa shape index (κ2) is 6.61. The molecule has 0 saturated heterocycles. The van der Waals surface area contributed by atoms with Crippen LogP contribution in [0.2, 0.25) is 0 Å². The minimum Gasteiger partial charge on any atom is -0.349 e. The first-order valence-electron chi connectivity index (χ1n) is 8.36. The third-order valence-corrected chi connectivity index (χ3v) is 4.96. The minimum absolute atomic E-state index is 0.00235. The van der Waals surface area contributed by atoms with Crippen LogP contribution in [0.25, 0.3) is 0 Å². The first kappa shape index (κ1) is 14.6. The molecule has 0 aliphatic heterocycles. The van der Waals surface area contributed by atoms with E-state index < -0.39 is 0 Å². The van der Waals surface area contributed by atoms with Crippen molar-refractivity contribution in [3.63, 3.8) is 0 Å². The molecular weight excluding hydrogens is 260 g/mol. The van der Waals surface area contributed by atoms with Gasteiger partial charge in [-0.3, -0.25) is 4.79 Å². The third kappa shape index (κ3) is 3.65. The predicted molar refractivity (Wildman–Crippen MR) is 84.6 cm³/mol. The average molecular weight is 286 g/mol. The van der Waals surface area contributed by atoms with Crippen LogP contribution in [0, 0.1) is 11.8 Å². The van der Waals surface area contributed by atoms with Gasteiger partial charge in [-0.25, -0.2) is 0 Å². The fourth-order valence-electron chi connectivity index (χ4n) is 3.49. The molecule has 1 aromatic carbocycles. The monoisotopic (exact) mass is 286 g/mol. The molecule has 2 aliphatic carbocycles. The Morgan fingerprint density at radius 3 is 2.48 bits per heavy atom. The molecule has 2 saturated carbocycles. The Bertz CT molecular complexity index is 469. The summed E-state index contributed by atoms with van der Waals surface area (Å²) >= 11 is 0. The van der Waals surface area contributed by atoms with Crippen molar-refractivity contribution in [2.24, 2.45) is 17.6 Å². The summed E-state index contributed by atoms with van der Waals surface area (Å²) in [6.45, 7) is 0. The minimum atomic E-state index is -0.00235. The Labute approximate surface area is 127 Å². The standard InChI is InChI=1S/C18H26N2O/c19-16-10-6-2-5-9-15(16)18(21)20-17(14-11-12-14)13-7-3-1-4-8-13/h1,3-4,7-8,14-17H,2,5-6,9-12,19H2,(H,20,21). The number of rotatable bonds is 4. The summed E-state index contributed by atoms with van der Waals surface area (Å²) in [5.74, 6) is 0.779. The van der Waals surface area contributed by atoms with Gasteiger partial charge in [0.05, 0.1) is 12.0 Å². The van der Waals surface area contributed by atoms with Crippen LogP contribution < -0.4 is 11.1 Å². The summed E-state index contributed by atoms with van der Waals surface area (Å²) in [5.41, 5.74) is 7.46. The first-order valence-corrected chi connectivity index (χ1v) is 8.36. The molecule has 0 radical (unpaired) electrons. The van der Waals surface area contributed by atoms with Crippen LogP contribution in [0.5, 0.6) is 0 Å².